The van der Waals surface area contributed by atoms with Gasteiger partial charge in [0.1, 0.15) is 0 Å². The lowest BCUT2D eigenvalue weighted by atomic mass is 10.0. The van der Waals surface area contributed by atoms with Crippen molar-refractivity contribution in [2.24, 2.45) is 0 Å². The van der Waals surface area contributed by atoms with Crippen LogP contribution < -0.4 is 0 Å². The topological polar surface area (TPSA) is 43.7 Å². The first-order valence-electron chi connectivity index (χ1n) is 5.55. The molecule has 88 valence electrons. The van der Waals surface area contributed by atoms with E-state index in [2.05, 4.69) is 18.2 Å². The highest BCUT2D eigenvalue weighted by Gasteiger charge is 2.25. The van der Waals surface area contributed by atoms with Crippen LogP contribution in [-0.4, -0.2) is 34.6 Å². The third kappa shape index (κ3) is 3.82. The number of aliphatic hydroxyl groups is 2. The normalized spacial score (nSPS) is 16.1. The van der Waals surface area contributed by atoms with Crippen LogP contribution in [0.5, 0.6) is 0 Å². The van der Waals surface area contributed by atoms with E-state index in [1.165, 1.54) is 10.5 Å². The summed E-state index contributed by atoms with van der Waals surface area (Å²) in [4.78, 5) is 1.36. The Hall–Kier alpha value is -1.08. The van der Waals surface area contributed by atoms with Gasteiger partial charge in [0, 0.05) is 6.54 Å². The second kappa shape index (κ2) is 5.86. The molecule has 0 aromatic carbocycles. The van der Waals surface area contributed by atoms with Gasteiger partial charge in [-0.25, -0.2) is 4.90 Å². The van der Waals surface area contributed by atoms with Gasteiger partial charge < -0.3 is 10.2 Å². The van der Waals surface area contributed by atoms with E-state index in [-0.39, 0.29) is 0 Å². The molecule has 0 radical (unpaired) electrons. The molecular formula is C13H19NO2. The van der Waals surface area contributed by atoms with Crippen molar-refractivity contribution in [3.05, 3.63) is 23.8 Å². The summed E-state index contributed by atoms with van der Waals surface area (Å²) in [5, 5.41) is 18.7. The minimum Gasteiger partial charge on any atom is -0.343 e. The maximum absolute atomic E-state index is 9.35. The smallest absolute Gasteiger partial charge is 0.293 e. The second-order valence-corrected chi connectivity index (χ2v) is 4.06. The number of terminal acetylenes is 1. The summed E-state index contributed by atoms with van der Waals surface area (Å²) in [6, 6.07) is 0. The Bertz CT molecular complexity index is 323. The van der Waals surface area contributed by atoms with E-state index in [0.717, 1.165) is 25.7 Å². The van der Waals surface area contributed by atoms with Crippen LogP contribution in [0.25, 0.3) is 0 Å². The first kappa shape index (κ1) is 13.0. The van der Waals surface area contributed by atoms with Crippen LogP contribution in [0.3, 0.4) is 0 Å². The summed E-state index contributed by atoms with van der Waals surface area (Å²) in [6.07, 6.45) is 15.6. The van der Waals surface area contributed by atoms with E-state index in [9.17, 15) is 10.2 Å². The number of allylic oxidation sites excluding steroid dienone is 4. The molecule has 0 aromatic rings. The predicted molar refractivity (Wildman–Crippen MR) is 64.3 cm³/mol. The molecule has 1 aliphatic rings. The summed E-state index contributed by atoms with van der Waals surface area (Å²) >= 11 is 0. The fourth-order valence-electron chi connectivity index (χ4n) is 1.64. The van der Waals surface area contributed by atoms with Crippen LogP contribution in [0.1, 0.15) is 25.7 Å². The average Bonchev–Trinajstić information content (AvgIpc) is 2.30. The molecule has 3 nitrogen and oxygen atoms in total. The molecule has 0 aliphatic heterocycles. The van der Waals surface area contributed by atoms with Crippen molar-refractivity contribution in [1.29, 1.82) is 0 Å². The number of nitrogens with zero attached hydrogens (tertiary/aromatic N) is 1. The highest BCUT2D eigenvalue weighted by atomic mass is 16.5. The van der Waals surface area contributed by atoms with Crippen molar-refractivity contribution >= 4 is 0 Å². The van der Waals surface area contributed by atoms with Crippen molar-refractivity contribution in [3.8, 4) is 12.3 Å². The Labute approximate surface area is 97.1 Å². The molecule has 0 spiro atoms. The highest BCUT2D eigenvalue weighted by Crippen LogP contribution is 2.15. The van der Waals surface area contributed by atoms with Crippen LogP contribution in [0.2, 0.25) is 0 Å². The van der Waals surface area contributed by atoms with E-state index in [4.69, 9.17) is 6.42 Å². The quantitative estimate of drug-likeness (QED) is 0.542. The van der Waals surface area contributed by atoms with Crippen LogP contribution >= 0.6 is 0 Å². The first-order chi connectivity index (χ1) is 7.56. The molecule has 0 atom stereocenters. The Balaban J connectivity index is 2.28. The molecule has 0 fully saturated rings. The fraction of sp³-hybridized carbons (Fsp3) is 0.538. The number of hydrogen-bond acceptors (Lipinski definition) is 3. The summed E-state index contributed by atoms with van der Waals surface area (Å²) in [5.41, 5.74) is 1.32. The molecule has 0 bridgehead atoms. The molecular weight excluding hydrogens is 202 g/mol. The monoisotopic (exact) mass is 221 g/mol. The van der Waals surface area contributed by atoms with Gasteiger partial charge in [-0.05, 0) is 38.7 Å². The van der Waals surface area contributed by atoms with Crippen LogP contribution in [-0.2, 0) is 0 Å². The van der Waals surface area contributed by atoms with Gasteiger partial charge in [0.2, 0.25) is 0 Å². The van der Waals surface area contributed by atoms with Gasteiger partial charge in [-0.1, -0.05) is 23.8 Å². The minimum atomic E-state index is -2.13. The summed E-state index contributed by atoms with van der Waals surface area (Å²) in [7, 11) is 1.60. The zero-order chi connectivity index (χ0) is 12.0. The van der Waals surface area contributed by atoms with Crippen molar-refractivity contribution < 1.29 is 10.2 Å². The molecule has 1 rings (SSSR count). The van der Waals surface area contributed by atoms with Crippen LogP contribution in [0.4, 0.5) is 0 Å². The predicted octanol–water partition coefficient (Wildman–Crippen LogP) is 1.25. The Morgan fingerprint density at radius 2 is 2.25 bits per heavy atom. The maximum Gasteiger partial charge on any atom is 0.293 e. The summed E-state index contributed by atoms with van der Waals surface area (Å²) in [6.45, 7) is 0.558. The van der Waals surface area contributed by atoms with Gasteiger partial charge >= 0.3 is 0 Å². The van der Waals surface area contributed by atoms with Gasteiger partial charge in [-0.3, -0.25) is 0 Å². The van der Waals surface area contributed by atoms with E-state index in [0.29, 0.717) is 6.54 Å². The number of rotatable bonds is 5. The molecule has 1 aliphatic carbocycles. The lowest BCUT2D eigenvalue weighted by Gasteiger charge is -2.26. The number of hydrogen-bond donors (Lipinski definition) is 2. The van der Waals surface area contributed by atoms with Crippen LogP contribution in [0, 0.1) is 12.3 Å². The molecule has 16 heavy (non-hydrogen) atoms. The zero-order valence-electron chi connectivity index (χ0n) is 9.69. The van der Waals surface area contributed by atoms with E-state index in [1.807, 2.05) is 5.92 Å². The molecule has 2 N–H and O–H groups in total. The fourth-order valence-corrected chi connectivity index (χ4v) is 1.64. The Kier molecular flexibility index (Phi) is 4.75. The van der Waals surface area contributed by atoms with E-state index in [1.54, 1.807) is 7.05 Å². The lowest BCUT2D eigenvalue weighted by Crippen LogP contribution is -2.45. The molecule has 3 heteroatoms. The molecule has 0 amide bonds. The van der Waals surface area contributed by atoms with Crippen molar-refractivity contribution in [2.45, 2.75) is 31.6 Å². The highest BCUT2D eigenvalue weighted by molar-refractivity contribution is 5.21. The van der Waals surface area contributed by atoms with Gasteiger partial charge in [0.15, 0.2) is 0 Å². The standard InChI is InChI=1S/C13H19NO2/c1-3-13(15,16)14(2)11-7-10-12-8-5-4-6-9-12/h1,5,8-9,15-16H,4,6-7,10-11H2,2H3. The zero-order valence-corrected chi connectivity index (χ0v) is 9.69. The summed E-state index contributed by atoms with van der Waals surface area (Å²) < 4.78 is 0. The molecule has 0 saturated carbocycles. The lowest BCUT2D eigenvalue weighted by molar-refractivity contribution is -0.209. The first-order valence-corrected chi connectivity index (χ1v) is 5.55. The van der Waals surface area contributed by atoms with Gasteiger partial charge in [0.05, 0.1) is 0 Å². The molecule has 0 aromatic heterocycles. The van der Waals surface area contributed by atoms with Crippen LogP contribution in [0.15, 0.2) is 23.8 Å². The molecule has 0 saturated heterocycles. The third-order valence-corrected chi connectivity index (χ3v) is 2.76. The van der Waals surface area contributed by atoms with E-state index >= 15 is 0 Å². The Morgan fingerprint density at radius 3 is 2.81 bits per heavy atom. The van der Waals surface area contributed by atoms with Crippen molar-refractivity contribution in [2.75, 3.05) is 13.6 Å². The second-order valence-electron chi connectivity index (χ2n) is 4.06. The summed E-state index contributed by atoms with van der Waals surface area (Å²) in [5.74, 6) is -0.190. The van der Waals surface area contributed by atoms with Gasteiger partial charge in [0.25, 0.3) is 5.91 Å². The van der Waals surface area contributed by atoms with E-state index < -0.39 is 5.91 Å². The third-order valence-electron chi connectivity index (χ3n) is 2.76. The minimum absolute atomic E-state index is 0.558. The average molecular weight is 221 g/mol. The SMILES string of the molecule is C#CC(O)(O)N(C)CCCC1=CCCC=C1. The Morgan fingerprint density at radius 1 is 1.50 bits per heavy atom. The van der Waals surface area contributed by atoms with Gasteiger partial charge in [-0.2, -0.15) is 0 Å². The van der Waals surface area contributed by atoms with Gasteiger partial charge in [-0.15, -0.1) is 6.42 Å². The maximum atomic E-state index is 9.35. The largest absolute Gasteiger partial charge is 0.343 e. The molecule has 0 heterocycles. The molecule has 0 unspecified atom stereocenters. The van der Waals surface area contributed by atoms with Crippen molar-refractivity contribution in [3.63, 3.8) is 0 Å². The van der Waals surface area contributed by atoms with Crippen molar-refractivity contribution in [1.82, 2.24) is 4.90 Å².